The number of carbonyl (C=O) groups is 1. The molecule has 1 aromatic heterocycles. The highest BCUT2D eigenvalue weighted by Gasteiger charge is 2.30. The van der Waals surface area contributed by atoms with Crippen LogP contribution in [-0.4, -0.2) is 26.3 Å². The van der Waals surface area contributed by atoms with E-state index in [4.69, 9.17) is 16.3 Å². The van der Waals surface area contributed by atoms with Crippen LogP contribution in [0.3, 0.4) is 0 Å². The normalized spacial score (nSPS) is 14.9. The third-order valence-electron chi connectivity index (χ3n) is 4.61. The highest BCUT2D eigenvalue weighted by Crippen LogP contribution is 2.35. The Morgan fingerprint density at radius 1 is 1.32 bits per heavy atom. The second-order valence-electron chi connectivity index (χ2n) is 6.91. The first-order valence-electron chi connectivity index (χ1n) is 8.48. The molecule has 1 aliphatic carbocycles. The second kappa shape index (κ2) is 7.04. The Balaban J connectivity index is 1.59. The zero-order valence-corrected chi connectivity index (χ0v) is 15.5. The summed E-state index contributed by atoms with van der Waals surface area (Å²) in [5, 5.41) is 12.0. The van der Waals surface area contributed by atoms with Gasteiger partial charge < -0.3 is 14.6 Å². The van der Waals surface area contributed by atoms with Gasteiger partial charge in [0.2, 0.25) is 0 Å². The predicted octanol–water partition coefficient (Wildman–Crippen LogP) is 3.21. The lowest BCUT2D eigenvalue weighted by atomic mass is 9.85. The van der Waals surface area contributed by atoms with Crippen LogP contribution in [0.15, 0.2) is 24.3 Å². The summed E-state index contributed by atoms with van der Waals surface area (Å²) in [5.41, 5.74) is -1.01. The zero-order chi connectivity index (χ0) is 18.0. The number of benzene rings is 1. The smallest absolute Gasteiger partial charge is 0.263 e. The third-order valence-corrected chi connectivity index (χ3v) is 4.86. The van der Waals surface area contributed by atoms with E-state index in [1.165, 1.54) is 19.3 Å². The van der Waals surface area contributed by atoms with Gasteiger partial charge in [0, 0.05) is 18.0 Å². The van der Waals surface area contributed by atoms with E-state index in [-0.39, 0.29) is 5.91 Å². The molecule has 0 aliphatic heterocycles. The molecule has 0 atom stereocenters. The van der Waals surface area contributed by atoms with Gasteiger partial charge >= 0.3 is 0 Å². The lowest BCUT2D eigenvalue weighted by molar-refractivity contribution is -0.134. The van der Waals surface area contributed by atoms with Crippen molar-refractivity contribution in [2.45, 2.75) is 51.2 Å². The maximum absolute atomic E-state index is 12.5. The van der Waals surface area contributed by atoms with Crippen molar-refractivity contribution in [1.29, 1.82) is 0 Å². The van der Waals surface area contributed by atoms with Crippen LogP contribution in [0.1, 0.15) is 50.7 Å². The molecule has 0 spiro atoms. The Kier molecular flexibility index (Phi) is 4.99. The number of amides is 1. The van der Waals surface area contributed by atoms with Crippen molar-refractivity contribution in [2.24, 2.45) is 7.05 Å². The molecule has 1 heterocycles. The molecule has 1 saturated carbocycles. The van der Waals surface area contributed by atoms with Crippen molar-refractivity contribution in [1.82, 2.24) is 20.1 Å². The van der Waals surface area contributed by atoms with Gasteiger partial charge in [0.15, 0.2) is 11.4 Å². The number of rotatable bonds is 6. The number of hydrogen-bond donors (Lipinski definition) is 1. The summed E-state index contributed by atoms with van der Waals surface area (Å²) in [4.78, 5) is 12.5. The van der Waals surface area contributed by atoms with Crippen LogP contribution >= 0.6 is 11.6 Å². The maximum atomic E-state index is 12.5. The van der Waals surface area contributed by atoms with Gasteiger partial charge in [-0.25, -0.2) is 0 Å². The molecule has 1 aliphatic rings. The Morgan fingerprint density at radius 3 is 2.60 bits per heavy atom. The van der Waals surface area contributed by atoms with Gasteiger partial charge in [0.05, 0.1) is 6.54 Å². The Bertz CT molecular complexity index is 751. The summed E-state index contributed by atoms with van der Waals surface area (Å²) >= 11 is 5.87. The van der Waals surface area contributed by atoms with Gasteiger partial charge in [-0.3, -0.25) is 4.79 Å². The fourth-order valence-electron chi connectivity index (χ4n) is 2.77. The van der Waals surface area contributed by atoms with E-state index in [9.17, 15) is 4.79 Å². The van der Waals surface area contributed by atoms with E-state index < -0.39 is 5.60 Å². The monoisotopic (exact) mass is 362 g/mol. The molecule has 1 fully saturated rings. The molecule has 134 valence electrons. The number of carbonyl (C=O) groups excluding carboxylic acids is 1. The van der Waals surface area contributed by atoms with Crippen molar-refractivity contribution in [3.63, 3.8) is 0 Å². The van der Waals surface area contributed by atoms with Gasteiger partial charge in [-0.2, -0.15) is 0 Å². The van der Waals surface area contributed by atoms with Gasteiger partial charge in [-0.15, -0.1) is 10.2 Å². The average molecular weight is 363 g/mol. The van der Waals surface area contributed by atoms with Gasteiger partial charge in [-0.1, -0.05) is 18.0 Å². The molecule has 3 rings (SSSR count). The van der Waals surface area contributed by atoms with Gasteiger partial charge in [0.25, 0.3) is 5.91 Å². The van der Waals surface area contributed by atoms with Crippen LogP contribution in [0.25, 0.3) is 0 Å². The van der Waals surface area contributed by atoms with E-state index in [1.54, 1.807) is 38.1 Å². The van der Waals surface area contributed by atoms with E-state index in [0.29, 0.717) is 23.2 Å². The molecule has 2 aromatic rings. The minimum atomic E-state index is -1.01. The van der Waals surface area contributed by atoms with Crippen molar-refractivity contribution in [3.05, 3.63) is 40.9 Å². The molecular formula is C18H23ClN4O2. The molecule has 0 bridgehead atoms. The fourth-order valence-corrected chi connectivity index (χ4v) is 2.89. The minimum absolute atomic E-state index is 0.212. The van der Waals surface area contributed by atoms with Crippen LogP contribution in [0.2, 0.25) is 5.02 Å². The summed E-state index contributed by atoms with van der Waals surface area (Å²) in [6, 6.07) is 6.94. The average Bonchev–Trinajstić information content (AvgIpc) is 2.86. The summed E-state index contributed by atoms with van der Waals surface area (Å²) < 4.78 is 7.78. The van der Waals surface area contributed by atoms with Crippen LogP contribution in [0.5, 0.6) is 5.75 Å². The van der Waals surface area contributed by atoms with Crippen LogP contribution in [-0.2, 0) is 18.4 Å². The zero-order valence-electron chi connectivity index (χ0n) is 14.8. The quantitative estimate of drug-likeness (QED) is 0.856. The molecule has 6 nitrogen and oxygen atoms in total. The van der Waals surface area contributed by atoms with E-state index in [2.05, 4.69) is 15.5 Å². The summed E-state index contributed by atoms with van der Waals surface area (Å²) in [7, 11) is 1.95. The highest BCUT2D eigenvalue weighted by molar-refractivity contribution is 6.30. The van der Waals surface area contributed by atoms with Crippen molar-refractivity contribution in [2.75, 3.05) is 0 Å². The van der Waals surface area contributed by atoms with Gasteiger partial charge in [0.1, 0.15) is 11.6 Å². The lowest BCUT2D eigenvalue weighted by Crippen LogP contribution is -2.46. The first-order chi connectivity index (χ1) is 11.9. The molecule has 1 amide bonds. The number of ether oxygens (including phenoxy) is 1. The Hall–Kier alpha value is -2.08. The molecule has 0 radical (unpaired) electrons. The molecule has 1 N–H and O–H groups in total. The van der Waals surface area contributed by atoms with Crippen molar-refractivity contribution in [3.8, 4) is 5.75 Å². The number of halogens is 1. The van der Waals surface area contributed by atoms with Crippen molar-refractivity contribution < 1.29 is 9.53 Å². The molecule has 7 heteroatoms. The van der Waals surface area contributed by atoms with Gasteiger partial charge in [-0.05, 0) is 51.0 Å². The fraction of sp³-hybridized carbons (Fsp3) is 0.500. The standard InChI is InChI=1S/C18H23ClN4O2/c1-18(2,25-14-9-7-13(19)8-10-14)17(24)20-11-15-21-22-16(23(15)3)12-5-4-6-12/h7-10,12H,4-6,11H2,1-3H3,(H,20,24). The molecule has 0 saturated heterocycles. The Labute approximate surface area is 152 Å². The molecule has 25 heavy (non-hydrogen) atoms. The van der Waals surface area contributed by atoms with Crippen LogP contribution < -0.4 is 10.1 Å². The number of nitrogens with zero attached hydrogens (tertiary/aromatic N) is 3. The first-order valence-corrected chi connectivity index (χ1v) is 8.85. The van der Waals surface area contributed by atoms with Crippen molar-refractivity contribution >= 4 is 17.5 Å². The largest absolute Gasteiger partial charge is 0.478 e. The highest BCUT2D eigenvalue weighted by atomic mass is 35.5. The predicted molar refractivity (Wildman–Crippen MR) is 95.6 cm³/mol. The maximum Gasteiger partial charge on any atom is 0.263 e. The van der Waals surface area contributed by atoms with E-state index in [1.807, 2.05) is 11.6 Å². The SMILES string of the molecule is Cn1c(CNC(=O)C(C)(C)Oc2ccc(Cl)cc2)nnc1C1CCC1. The van der Waals surface area contributed by atoms with E-state index in [0.717, 1.165) is 11.6 Å². The second-order valence-corrected chi connectivity index (χ2v) is 7.35. The van der Waals surface area contributed by atoms with Crippen LogP contribution in [0, 0.1) is 0 Å². The Morgan fingerprint density at radius 2 is 2.00 bits per heavy atom. The summed E-state index contributed by atoms with van der Waals surface area (Å²) in [6.07, 6.45) is 3.58. The third kappa shape index (κ3) is 3.95. The van der Waals surface area contributed by atoms with E-state index >= 15 is 0 Å². The molecular weight excluding hydrogens is 340 g/mol. The minimum Gasteiger partial charge on any atom is -0.478 e. The number of nitrogens with one attached hydrogen (secondary N) is 1. The summed E-state index contributed by atoms with van der Waals surface area (Å²) in [5.74, 6) is 2.64. The number of aromatic nitrogens is 3. The first kappa shape index (κ1) is 17.7. The topological polar surface area (TPSA) is 69.0 Å². The lowest BCUT2D eigenvalue weighted by Gasteiger charge is -2.25. The molecule has 1 aromatic carbocycles. The molecule has 0 unspecified atom stereocenters. The van der Waals surface area contributed by atoms with Crippen LogP contribution in [0.4, 0.5) is 0 Å². The summed E-state index contributed by atoms with van der Waals surface area (Å²) in [6.45, 7) is 3.78. The number of hydrogen-bond acceptors (Lipinski definition) is 4.